The Balaban J connectivity index is 2.09. The predicted molar refractivity (Wildman–Crippen MR) is 70.9 cm³/mol. The minimum atomic E-state index is -0.842. The van der Waals surface area contributed by atoms with E-state index in [4.69, 9.17) is 14.2 Å². The van der Waals surface area contributed by atoms with Gasteiger partial charge in [0.05, 0.1) is 11.7 Å². The fourth-order valence-corrected chi connectivity index (χ4v) is 2.12. The monoisotopic (exact) mass is 278 g/mol. The molecule has 1 aliphatic rings. The summed E-state index contributed by atoms with van der Waals surface area (Å²) >= 11 is 0. The maximum atomic E-state index is 12.1. The van der Waals surface area contributed by atoms with Crippen molar-refractivity contribution in [1.29, 1.82) is 0 Å². The zero-order valence-corrected chi connectivity index (χ0v) is 11.7. The van der Waals surface area contributed by atoms with Gasteiger partial charge in [0, 0.05) is 12.8 Å². The smallest absolute Gasteiger partial charge is 0.338 e. The van der Waals surface area contributed by atoms with Crippen LogP contribution in [0, 0.1) is 5.92 Å². The summed E-state index contributed by atoms with van der Waals surface area (Å²) in [6.45, 7) is 5.06. The largest absolute Gasteiger partial charge is 0.452 e. The van der Waals surface area contributed by atoms with E-state index in [1.54, 1.807) is 24.3 Å². The van der Waals surface area contributed by atoms with Crippen molar-refractivity contribution < 1.29 is 23.8 Å². The van der Waals surface area contributed by atoms with Crippen molar-refractivity contribution in [3.8, 4) is 0 Å². The molecule has 0 spiro atoms. The first kappa shape index (κ1) is 14.5. The minimum Gasteiger partial charge on any atom is -0.452 e. The van der Waals surface area contributed by atoms with Crippen LogP contribution >= 0.6 is 0 Å². The normalized spacial score (nSPS) is 28.9. The van der Waals surface area contributed by atoms with E-state index in [-0.39, 0.29) is 12.0 Å². The van der Waals surface area contributed by atoms with Crippen LogP contribution < -0.4 is 0 Å². The van der Waals surface area contributed by atoms with Gasteiger partial charge in [0.15, 0.2) is 6.10 Å². The summed E-state index contributed by atoms with van der Waals surface area (Å²) in [4.78, 5) is 23.1. The number of carbonyl (C=O) groups excluding carboxylic acids is 2. The van der Waals surface area contributed by atoms with E-state index in [0.717, 1.165) is 0 Å². The molecule has 20 heavy (non-hydrogen) atoms. The summed E-state index contributed by atoms with van der Waals surface area (Å²) in [5.74, 6) is -0.957. The highest BCUT2D eigenvalue weighted by Crippen LogP contribution is 2.30. The highest BCUT2D eigenvalue weighted by molar-refractivity contribution is 5.89. The molecule has 5 nitrogen and oxygen atoms in total. The fraction of sp³-hybridized carbons (Fsp3) is 0.467. The van der Waals surface area contributed by atoms with Crippen molar-refractivity contribution >= 4 is 11.9 Å². The van der Waals surface area contributed by atoms with E-state index in [9.17, 15) is 9.59 Å². The summed E-state index contributed by atoms with van der Waals surface area (Å²) < 4.78 is 16.0. The molecule has 1 aromatic carbocycles. The van der Waals surface area contributed by atoms with Crippen LogP contribution in [0.4, 0.5) is 0 Å². The molecule has 0 radical (unpaired) electrons. The van der Waals surface area contributed by atoms with Crippen molar-refractivity contribution in [2.75, 3.05) is 0 Å². The Labute approximate surface area is 117 Å². The van der Waals surface area contributed by atoms with E-state index in [0.29, 0.717) is 5.56 Å². The van der Waals surface area contributed by atoms with Gasteiger partial charge in [-0.1, -0.05) is 25.1 Å². The van der Waals surface area contributed by atoms with Gasteiger partial charge < -0.3 is 14.2 Å². The second kappa shape index (κ2) is 6.05. The fourth-order valence-electron chi connectivity index (χ4n) is 2.12. The van der Waals surface area contributed by atoms with Gasteiger partial charge in [-0.25, -0.2) is 4.79 Å². The van der Waals surface area contributed by atoms with Crippen LogP contribution in [0.3, 0.4) is 0 Å². The number of hydrogen-bond donors (Lipinski definition) is 0. The number of rotatable bonds is 3. The van der Waals surface area contributed by atoms with E-state index >= 15 is 0 Å². The van der Waals surface area contributed by atoms with Crippen LogP contribution in [-0.4, -0.2) is 30.4 Å². The lowest BCUT2D eigenvalue weighted by Gasteiger charge is -2.20. The third-order valence-corrected chi connectivity index (χ3v) is 3.41. The van der Waals surface area contributed by atoms with E-state index < -0.39 is 24.3 Å². The number of esters is 2. The number of hydrogen-bond acceptors (Lipinski definition) is 5. The molecule has 0 amide bonds. The highest BCUT2D eigenvalue weighted by Gasteiger charge is 2.44. The summed E-state index contributed by atoms with van der Waals surface area (Å²) in [7, 11) is 0. The lowest BCUT2D eigenvalue weighted by molar-refractivity contribution is -0.185. The minimum absolute atomic E-state index is 0.0491. The van der Waals surface area contributed by atoms with Gasteiger partial charge in [-0.05, 0) is 19.1 Å². The summed E-state index contributed by atoms with van der Waals surface area (Å²) in [5.41, 5.74) is 0.459. The first-order valence-electron chi connectivity index (χ1n) is 6.57. The van der Waals surface area contributed by atoms with Crippen LogP contribution in [-0.2, 0) is 19.0 Å². The SMILES string of the molecule is CC(=O)O[C@@H]1O[C@H](C)C(C)[C@@H]1OC(=O)c1ccccc1. The molecule has 1 heterocycles. The van der Waals surface area contributed by atoms with Gasteiger partial charge in [0.2, 0.25) is 6.29 Å². The zero-order chi connectivity index (χ0) is 14.7. The summed E-state index contributed by atoms with van der Waals surface area (Å²) in [6.07, 6.45) is -1.58. The van der Waals surface area contributed by atoms with Gasteiger partial charge in [0.25, 0.3) is 0 Å². The molecule has 1 unspecified atom stereocenters. The molecule has 4 atom stereocenters. The molecular formula is C15H18O5. The molecule has 0 saturated carbocycles. The molecule has 1 aromatic rings. The Morgan fingerprint density at radius 3 is 2.35 bits per heavy atom. The van der Waals surface area contributed by atoms with Crippen LogP contribution in [0.1, 0.15) is 31.1 Å². The van der Waals surface area contributed by atoms with Crippen molar-refractivity contribution in [1.82, 2.24) is 0 Å². The van der Waals surface area contributed by atoms with Gasteiger partial charge in [0.1, 0.15) is 0 Å². The molecule has 0 N–H and O–H groups in total. The van der Waals surface area contributed by atoms with Gasteiger partial charge in [-0.2, -0.15) is 0 Å². The zero-order valence-electron chi connectivity index (χ0n) is 11.7. The molecule has 0 aliphatic carbocycles. The van der Waals surface area contributed by atoms with E-state index in [1.807, 2.05) is 19.9 Å². The molecular weight excluding hydrogens is 260 g/mol. The molecule has 1 saturated heterocycles. The Morgan fingerprint density at radius 1 is 1.10 bits per heavy atom. The van der Waals surface area contributed by atoms with E-state index in [1.165, 1.54) is 6.92 Å². The number of carbonyl (C=O) groups is 2. The maximum absolute atomic E-state index is 12.1. The Bertz CT molecular complexity index is 484. The lowest BCUT2D eigenvalue weighted by atomic mass is 10.0. The lowest BCUT2D eigenvalue weighted by Crippen LogP contribution is -2.34. The van der Waals surface area contributed by atoms with Crippen molar-refractivity contribution in [3.63, 3.8) is 0 Å². The molecule has 5 heteroatoms. The van der Waals surface area contributed by atoms with Crippen LogP contribution in [0.5, 0.6) is 0 Å². The van der Waals surface area contributed by atoms with Crippen molar-refractivity contribution in [2.45, 2.75) is 39.3 Å². The van der Waals surface area contributed by atoms with Crippen LogP contribution in [0.15, 0.2) is 30.3 Å². The van der Waals surface area contributed by atoms with Crippen LogP contribution in [0.2, 0.25) is 0 Å². The van der Waals surface area contributed by atoms with Gasteiger partial charge >= 0.3 is 11.9 Å². The predicted octanol–water partition coefficient (Wildman–Crippen LogP) is 2.16. The first-order chi connectivity index (χ1) is 9.49. The van der Waals surface area contributed by atoms with Gasteiger partial charge in [-0.15, -0.1) is 0 Å². The molecule has 0 aromatic heterocycles. The molecule has 108 valence electrons. The van der Waals surface area contributed by atoms with Crippen molar-refractivity contribution in [2.24, 2.45) is 5.92 Å². The quantitative estimate of drug-likeness (QED) is 0.793. The molecule has 0 bridgehead atoms. The molecule has 1 fully saturated rings. The third kappa shape index (κ3) is 3.17. The number of ether oxygens (including phenoxy) is 3. The average molecular weight is 278 g/mol. The summed E-state index contributed by atoms with van der Waals surface area (Å²) in [5, 5.41) is 0. The summed E-state index contributed by atoms with van der Waals surface area (Å²) in [6, 6.07) is 8.69. The Kier molecular flexibility index (Phi) is 4.39. The third-order valence-electron chi connectivity index (χ3n) is 3.41. The van der Waals surface area contributed by atoms with Gasteiger partial charge in [-0.3, -0.25) is 4.79 Å². The number of benzene rings is 1. The highest BCUT2D eigenvalue weighted by atomic mass is 16.7. The Morgan fingerprint density at radius 2 is 1.75 bits per heavy atom. The average Bonchev–Trinajstić information content (AvgIpc) is 2.67. The molecule has 1 aliphatic heterocycles. The maximum Gasteiger partial charge on any atom is 0.338 e. The topological polar surface area (TPSA) is 61.8 Å². The van der Waals surface area contributed by atoms with Crippen LogP contribution in [0.25, 0.3) is 0 Å². The molecule has 2 rings (SSSR count). The van der Waals surface area contributed by atoms with Crippen molar-refractivity contribution in [3.05, 3.63) is 35.9 Å². The second-order valence-electron chi connectivity index (χ2n) is 4.91. The van der Waals surface area contributed by atoms with E-state index in [2.05, 4.69) is 0 Å². The standard InChI is InChI=1S/C15H18O5/c1-9-10(2)18-15(19-11(3)16)13(9)20-14(17)12-7-5-4-6-8-12/h4-10,13,15H,1-3H3/t9?,10-,13+,15+/m1/s1. The second-order valence-corrected chi connectivity index (χ2v) is 4.91. The Hall–Kier alpha value is -1.88. The first-order valence-corrected chi connectivity index (χ1v) is 6.57.